The molecule has 0 atom stereocenters. The van der Waals surface area contributed by atoms with Gasteiger partial charge in [0.1, 0.15) is 5.69 Å². The quantitative estimate of drug-likeness (QED) is 0.487. The molecule has 0 radical (unpaired) electrons. The Hall–Kier alpha value is -1.37. The summed E-state index contributed by atoms with van der Waals surface area (Å²) in [6, 6.07) is 0. The lowest BCUT2D eigenvalue weighted by atomic mass is 10.2. The van der Waals surface area contributed by atoms with Gasteiger partial charge in [-0.15, -0.1) is 0 Å². The van der Waals surface area contributed by atoms with Gasteiger partial charge >= 0.3 is 0 Å². The lowest BCUT2D eigenvalue weighted by molar-refractivity contribution is 0.283. The highest BCUT2D eigenvalue weighted by Crippen LogP contribution is 2.25. The van der Waals surface area contributed by atoms with E-state index < -0.39 is 29.2 Å². The monoisotopic (exact) mass is 266 g/mol. The van der Waals surface area contributed by atoms with Crippen LogP contribution in [0.3, 0.4) is 0 Å². The van der Waals surface area contributed by atoms with Gasteiger partial charge in [-0.05, 0) is 19.3 Å². The minimum absolute atomic E-state index is 0.0327. The summed E-state index contributed by atoms with van der Waals surface area (Å²) in [5.74, 6) is -6.32. The van der Waals surface area contributed by atoms with Crippen molar-refractivity contribution in [1.29, 1.82) is 0 Å². The highest BCUT2D eigenvalue weighted by Gasteiger charge is 2.23. The van der Waals surface area contributed by atoms with Crippen molar-refractivity contribution in [2.75, 3.05) is 25.1 Å². The molecule has 0 amide bonds. The van der Waals surface area contributed by atoms with Crippen LogP contribution in [0.5, 0.6) is 0 Å². The van der Waals surface area contributed by atoms with Crippen LogP contribution in [0.1, 0.15) is 19.3 Å². The Labute approximate surface area is 102 Å². The van der Waals surface area contributed by atoms with E-state index in [0.717, 1.165) is 4.90 Å². The Morgan fingerprint density at radius 2 is 1.56 bits per heavy atom. The number of rotatable bonds is 6. The summed E-state index contributed by atoms with van der Waals surface area (Å²) in [5, 5.41) is 8.57. The first-order valence-corrected chi connectivity index (χ1v) is 5.51. The van der Waals surface area contributed by atoms with E-state index in [1.54, 1.807) is 0 Å². The largest absolute Gasteiger partial charge is 0.396 e. The second kappa shape index (κ2) is 6.53. The maximum absolute atomic E-state index is 13.3. The third kappa shape index (κ3) is 3.32. The molecular formula is C11H14F4N2O. The second-order valence-electron chi connectivity index (χ2n) is 3.88. The summed E-state index contributed by atoms with van der Waals surface area (Å²) in [6.07, 6.45) is 1.76. The number of aliphatic hydroxyl groups is 1. The van der Waals surface area contributed by atoms with Crippen LogP contribution in [0.15, 0.2) is 0 Å². The van der Waals surface area contributed by atoms with Crippen LogP contribution < -0.4 is 4.90 Å². The molecule has 1 aromatic heterocycles. The molecule has 1 aromatic rings. The molecule has 0 spiro atoms. The first kappa shape index (κ1) is 14.7. The first-order chi connectivity index (χ1) is 8.49. The topological polar surface area (TPSA) is 36.4 Å². The van der Waals surface area contributed by atoms with Crippen molar-refractivity contribution in [3.63, 3.8) is 0 Å². The fourth-order valence-electron chi connectivity index (χ4n) is 1.56. The van der Waals surface area contributed by atoms with Crippen molar-refractivity contribution in [1.82, 2.24) is 4.98 Å². The summed E-state index contributed by atoms with van der Waals surface area (Å²) in [7, 11) is 1.33. The van der Waals surface area contributed by atoms with Crippen LogP contribution in [0, 0.1) is 23.5 Å². The summed E-state index contributed by atoms with van der Waals surface area (Å²) in [4.78, 5) is 3.58. The van der Waals surface area contributed by atoms with Gasteiger partial charge in [0.15, 0.2) is 0 Å². The summed E-state index contributed by atoms with van der Waals surface area (Å²) in [5.41, 5.74) is -0.760. The molecule has 18 heavy (non-hydrogen) atoms. The summed E-state index contributed by atoms with van der Waals surface area (Å²) < 4.78 is 52.4. The summed E-state index contributed by atoms with van der Waals surface area (Å²) >= 11 is 0. The number of halogens is 4. The van der Waals surface area contributed by atoms with Gasteiger partial charge in [-0.3, -0.25) is 0 Å². The van der Waals surface area contributed by atoms with Crippen molar-refractivity contribution >= 4 is 5.69 Å². The van der Waals surface area contributed by atoms with Gasteiger partial charge in [-0.1, -0.05) is 0 Å². The maximum Gasteiger partial charge on any atom is 0.253 e. The molecule has 7 heteroatoms. The third-order valence-corrected chi connectivity index (χ3v) is 2.51. The Bertz CT molecular complexity index is 388. The lowest BCUT2D eigenvalue weighted by Crippen LogP contribution is -2.23. The molecule has 0 unspecified atom stereocenters. The fraction of sp³-hybridized carbons (Fsp3) is 0.545. The Morgan fingerprint density at radius 1 is 1.00 bits per heavy atom. The number of hydrogen-bond donors (Lipinski definition) is 1. The van der Waals surface area contributed by atoms with Gasteiger partial charge in [0.2, 0.25) is 11.6 Å². The molecule has 0 aromatic carbocycles. The van der Waals surface area contributed by atoms with Gasteiger partial charge in [-0.2, -0.15) is 22.5 Å². The average Bonchev–Trinajstić information content (AvgIpc) is 2.32. The van der Waals surface area contributed by atoms with E-state index in [1.165, 1.54) is 7.05 Å². The minimum atomic E-state index is -1.66. The number of hydrogen-bond acceptors (Lipinski definition) is 3. The van der Waals surface area contributed by atoms with E-state index >= 15 is 0 Å². The van der Waals surface area contributed by atoms with Crippen molar-refractivity contribution < 1.29 is 22.7 Å². The molecule has 0 saturated carbocycles. The fourth-order valence-corrected chi connectivity index (χ4v) is 1.56. The molecule has 0 aliphatic rings. The highest BCUT2D eigenvalue weighted by atomic mass is 19.2. The number of aromatic nitrogens is 1. The number of anilines is 1. The van der Waals surface area contributed by atoms with Gasteiger partial charge in [0, 0.05) is 20.2 Å². The molecule has 0 aliphatic heterocycles. The molecule has 0 bridgehead atoms. The zero-order chi connectivity index (χ0) is 13.7. The van der Waals surface area contributed by atoms with Crippen LogP contribution in [0.2, 0.25) is 0 Å². The normalized spacial score (nSPS) is 10.8. The van der Waals surface area contributed by atoms with Crippen molar-refractivity contribution in [3.05, 3.63) is 23.5 Å². The van der Waals surface area contributed by atoms with Crippen LogP contribution in [-0.4, -0.2) is 30.3 Å². The lowest BCUT2D eigenvalue weighted by Gasteiger charge is -2.20. The van der Waals surface area contributed by atoms with Gasteiger partial charge in [-0.25, -0.2) is 0 Å². The molecule has 1 heterocycles. The number of aliphatic hydroxyl groups excluding tert-OH is 1. The SMILES string of the molecule is CN(CCCCCO)c1c(F)c(F)nc(F)c1F. The van der Waals surface area contributed by atoms with Crippen LogP contribution in [0.25, 0.3) is 0 Å². The predicted molar refractivity (Wildman–Crippen MR) is 58.3 cm³/mol. The standard InChI is InChI=1S/C11H14F4N2O/c1-17(5-3-2-4-6-18)9-7(12)10(14)16-11(15)8(9)13/h18H,2-6H2,1H3. The van der Waals surface area contributed by atoms with Crippen molar-refractivity contribution in [3.8, 4) is 0 Å². The molecule has 102 valence electrons. The Morgan fingerprint density at radius 3 is 2.06 bits per heavy atom. The number of nitrogens with zero attached hydrogens (tertiary/aromatic N) is 2. The van der Waals surface area contributed by atoms with Gasteiger partial charge in [0.05, 0.1) is 0 Å². The molecule has 1 rings (SSSR count). The van der Waals surface area contributed by atoms with Crippen molar-refractivity contribution in [2.24, 2.45) is 0 Å². The minimum Gasteiger partial charge on any atom is -0.396 e. The molecular weight excluding hydrogens is 252 g/mol. The van der Waals surface area contributed by atoms with Crippen LogP contribution in [0.4, 0.5) is 23.2 Å². The number of unbranched alkanes of at least 4 members (excludes halogenated alkanes) is 2. The van der Waals surface area contributed by atoms with Crippen LogP contribution in [-0.2, 0) is 0 Å². The van der Waals surface area contributed by atoms with E-state index in [4.69, 9.17) is 5.11 Å². The smallest absolute Gasteiger partial charge is 0.253 e. The number of pyridine rings is 1. The summed E-state index contributed by atoms with van der Waals surface area (Å²) in [6.45, 7) is 0.252. The van der Waals surface area contributed by atoms with E-state index in [0.29, 0.717) is 19.3 Å². The molecule has 0 aliphatic carbocycles. The molecule has 0 fully saturated rings. The molecule has 1 N–H and O–H groups in total. The predicted octanol–water partition coefficient (Wildman–Crippen LogP) is 2.24. The van der Waals surface area contributed by atoms with Crippen molar-refractivity contribution in [2.45, 2.75) is 19.3 Å². The first-order valence-electron chi connectivity index (χ1n) is 5.51. The van der Waals surface area contributed by atoms with E-state index in [2.05, 4.69) is 4.98 Å². The van der Waals surface area contributed by atoms with Crippen LogP contribution >= 0.6 is 0 Å². The van der Waals surface area contributed by atoms with Gasteiger partial charge in [0.25, 0.3) is 11.9 Å². The Kier molecular flexibility index (Phi) is 5.33. The average molecular weight is 266 g/mol. The molecule has 0 saturated heterocycles. The zero-order valence-corrected chi connectivity index (χ0v) is 9.89. The molecule has 3 nitrogen and oxygen atoms in total. The van der Waals surface area contributed by atoms with Gasteiger partial charge < -0.3 is 10.0 Å². The van der Waals surface area contributed by atoms with E-state index in [1.807, 2.05) is 0 Å². The maximum atomic E-state index is 13.3. The second-order valence-corrected chi connectivity index (χ2v) is 3.88. The Balaban J connectivity index is 2.81. The van der Waals surface area contributed by atoms with E-state index in [-0.39, 0.29) is 13.2 Å². The van der Waals surface area contributed by atoms with E-state index in [9.17, 15) is 17.6 Å². The third-order valence-electron chi connectivity index (χ3n) is 2.51. The zero-order valence-electron chi connectivity index (χ0n) is 9.89. The highest BCUT2D eigenvalue weighted by molar-refractivity contribution is 5.47.